The summed E-state index contributed by atoms with van der Waals surface area (Å²) in [6, 6.07) is 9.06. The summed E-state index contributed by atoms with van der Waals surface area (Å²) in [4.78, 5) is 98.6. The number of nitrogens with one attached hydrogen (secondary N) is 2. The number of pyridine rings is 3. The number of piperazine rings is 1. The first-order valence-corrected chi connectivity index (χ1v) is 25.3. The Hall–Kier alpha value is -6.90. The Kier molecular flexibility index (Phi) is 10.8. The monoisotopic (exact) mass is 981 g/mol. The standard InChI is InChI=1S/C51H55N11O8S/c1-27-23-57(30-10-12-59-32(19-30)26-70-42-41-43(71-50(42)59)49(69)62(48(41)68)36-6-8-40(64)55-45(36)65)13-14-58(27)31-5-7-39(53-22-31)54-35-17-29(24-56(4)46(35)66)33-9-11-52-44(34(33)25-63)61-16-15-60-37(47(61)67)18-28-20-51(2,3)21-38(28)60/h5,7,9,11,17-18,22,24,27,30,32,36,63H,6,8,10,12-16,19-21,23,25-26H2,1-4H3,(H,53,54)(H,55,64,65)/t27-,30-,32-,36?/m0/s1. The number of fused-ring (bicyclic) bond motifs is 8. The Morgan fingerprint density at radius 3 is 2.55 bits per heavy atom. The second kappa shape index (κ2) is 16.9. The lowest BCUT2D eigenvalue weighted by molar-refractivity contribution is -0.136. The van der Waals surface area contributed by atoms with E-state index in [1.807, 2.05) is 24.4 Å². The van der Waals surface area contributed by atoms with E-state index in [0.717, 1.165) is 67.5 Å². The van der Waals surface area contributed by atoms with E-state index in [-0.39, 0.29) is 58.9 Å². The van der Waals surface area contributed by atoms with Gasteiger partial charge >= 0.3 is 0 Å². The van der Waals surface area contributed by atoms with Crippen molar-refractivity contribution in [2.24, 2.45) is 12.5 Å². The molecule has 3 N–H and O–H groups in total. The highest BCUT2D eigenvalue weighted by atomic mass is 32.1. The van der Waals surface area contributed by atoms with Gasteiger partial charge in [0.15, 0.2) is 5.75 Å². The first kappa shape index (κ1) is 45.3. The smallest absolute Gasteiger partial charge is 0.276 e. The molecule has 20 heteroatoms. The van der Waals surface area contributed by atoms with Gasteiger partial charge in [0.2, 0.25) is 11.8 Å². The fourth-order valence-corrected chi connectivity index (χ4v) is 13.5. The number of aliphatic hydroxyl groups is 1. The van der Waals surface area contributed by atoms with Crippen molar-refractivity contribution in [1.82, 2.24) is 34.2 Å². The predicted molar refractivity (Wildman–Crippen MR) is 265 cm³/mol. The van der Waals surface area contributed by atoms with Crippen LogP contribution in [0.2, 0.25) is 0 Å². The van der Waals surface area contributed by atoms with E-state index in [1.54, 1.807) is 36.5 Å². The Labute approximate surface area is 413 Å². The molecule has 19 nitrogen and oxygen atoms in total. The van der Waals surface area contributed by atoms with E-state index in [0.29, 0.717) is 71.2 Å². The fraction of sp³-hybridized carbons (Fsp3) is 0.451. The molecule has 11 heterocycles. The van der Waals surface area contributed by atoms with Gasteiger partial charge in [-0.05, 0) is 85.9 Å². The minimum absolute atomic E-state index is 0.0666. The van der Waals surface area contributed by atoms with Gasteiger partial charge < -0.3 is 34.1 Å². The number of hydrogen-bond donors (Lipinski definition) is 3. The van der Waals surface area contributed by atoms with Crippen LogP contribution in [0.4, 0.5) is 28.0 Å². The summed E-state index contributed by atoms with van der Waals surface area (Å²) in [6.07, 6.45) is 9.03. The van der Waals surface area contributed by atoms with Gasteiger partial charge in [0, 0.05) is 94.0 Å². The molecule has 6 aliphatic heterocycles. The second-order valence-electron chi connectivity index (χ2n) is 20.8. The van der Waals surface area contributed by atoms with Crippen molar-refractivity contribution in [2.75, 3.05) is 59.3 Å². The van der Waals surface area contributed by atoms with Gasteiger partial charge in [0.05, 0.1) is 24.5 Å². The molecule has 5 aromatic rings. The molecule has 0 saturated carbocycles. The van der Waals surface area contributed by atoms with Crippen LogP contribution in [0.5, 0.6) is 5.75 Å². The number of piperidine rings is 2. The summed E-state index contributed by atoms with van der Waals surface area (Å²) in [6.45, 7) is 11.1. The van der Waals surface area contributed by atoms with Crippen LogP contribution in [0.15, 0.2) is 53.7 Å². The van der Waals surface area contributed by atoms with Gasteiger partial charge in [-0.3, -0.25) is 48.8 Å². The van der Waals surface area contributed by atoms with E-state index in [2.05, 4.69) is 55.7 Å². The third-order valence-electron chi connectivity index (χ3n) is 15.7. The minimum atomic E-state index is -1.02. The van der Waals surface area contributed by atoms with E-state index >= 15 is 0 Å². The van der Waals surface area contributed by atoms with Gasteiger partial charge in [0.1, 0.15) is 51.1 Å². The molecule has 5 aromatic heterocycles. The summed E-state index contributed by atoms with van der Waals surface area (Å²) in [5.74, 6) is -0.894. The average molecular weight is 982 g/mol. The number of nitrogens with zero attached hydrogens (tertiary/aromatic N) is 9. The molecule has 0 radical (unpaired) electrons. The van der Waals surface area contributed by atoms with Crippen LogP contribution in [-0.2, 0) is 42.6 Å². The number of amides is 5. The topological polar surface area (TPSA) is 208 Å². The summed E-state index contributed by atoms with van der Waals surface area (Å²) in [5.41, 5.74) is 6.41. The quantitative estimate of drug-likeness (QED) is 0.188. The molecule has 3 saturated heterocycles. The van der Waals surface area contributed by atoms with Crippen LogP contribution in [0.3, 0.4) is 0 Å². The maximum Gasteiger partial charge on any atom is 0.276 e. The maximum atomic E-state index is 14.0. The predicted octanol–water partition coefficient (Wildman–Crippen LogP) is 4.07. The highest BCUT2D eigenvalue weighted by Crippen LogP contribution is 2.51. The number of imide groups is 2. The van der Waals surface area contributed by atoms with Crippen LogP contribution >= 0.6 is 11.3 Å². The molecule has 71 heavy (non-hydrogen) atoms. The molecular weight excluding hydrogens is 927 g/mol. The first-order chi connectivity index (χ1) is 34.2. The third kappa shape index (κ3) is 7.43. The molecule has 7 aliphatic rings. The van der Waals surface area contributed by atoms with E-state index in [1.165, 1.54) is 27.2 Å². The number of carbonyl (C=O) groups is 5. The van der Waals surface area contributed by atoms with Gasteiger partial charge in [0.25, 0.3) is 23.3 Å². The number of thiophene rings is 1. The van der Waals surface area contributed by atoms with Crippen molar-refractivity contribution in [2.45, 2.75) is 96.6 Å². The van der Waals surface area contributed by atoms with Gasteiger partial charge in [-0.1, -0.05) is 13.8 Å². The first-order valence-electron chi connectivity index (χ1n) is 24.5. The lowest BCUT2D eigenvalue weighted by Crippen LogP contribution is -2.59. The highest BCUT2D eigenvalue weighted by Gasteiger charge is 2.51. The van der Waals surface area contributed by atoms with E-state index in [4.69, 9.17) is 9.72 Å². The number of hydrogen-bond acceptors (Lipinski definition) is 15. The Bertz CT molecular complexity index is 3160. The summed E-state index contributed by atoms with van der Waals surface area (Å²) in [7, 11) is 1.68. The summed E-state index contributed by atoms with van der Waals surface area (Å²) < 4.78 is 9.94. The molecule has 5 amide bonds. The van der Waals surface area contributed by atoms with Gasteiger partial charge in [-0.25, -0.2) is 9.97 Å². The van der Waals surface area contributed by atoms with E-state index < -0.39 is 29.7 Å². The highest BCUT2D eigenvalue weighted by molar-refractivity contribution is 7.19. The van der Waals surface area contributed by atoms with Crippen LogP contribution in [0.25, 0.3) is 11.1 Å². The third-order valence-corrected chi connectivity index (χ3v) is 16.9. The lowest BCUT2D eigenvalue weighted by atomic mass is 9.90. The zero-order chi connectivity index (χ0) is 49.2. The molecule has 1 aliphatic carbocycles. The number of aromatic nitrogens is 4. The van der Waals surface area contributed by atoms with Crippen molar-refractivity contribution in [3.63, 3.8) is 0 Å². The SMILES string of the molecule is C[C@H]1CN([C@H]2CCN3c4sc5c(c4OC[C@@H]3C2)C(=O)N(C2CCC(=O)NC2=O)C5=O)CCN1c1ccc(Nc2cc(-c3ccnc(N4CCn5c(cc6c5CC(C)(C)C6)C4=O)c3CO)cn(C)c2=O)nc1. The van der Waals surface area contributed by atoms with Crippen molar-refractivity contribution in [3.8, 4) is 16.9 Å². The molecule has 4 atom stereocenters. The number of rotatable bonds is 8. The van der Waals surface area contributed by atoms with E-state index in [9.17, 15) is 33.9 Å². The fourth-order valence-electron chi connectivity index (χ4n) is 12.2. The zero-order valence-electron chi connectivity index (χ0n) is 40.1. The molecule has 3 fully saturated rings. The minimum Gasteiger partial charge on any atom is -0.487 e. The van der Waals surface area contributed by atoms with Crippen molar-refractivity contribution >= 4 is 68.9 Å². The number of aryl methyl sites for hydroxylation is 1. The van der Waals surface area contributed by atoms with Crippen LogP contribution < -0.4 is 35.6 Å². The van der Waals surface area contributed by atoms with Crippen LogP contribution in [0.1, 0.15) is 93.8 Å². The number of ether oxygens (including phenoxy) is 1. The Morgan fingerprint density at radius 2 is 1.77 bits per heavy atom. The normalized spacial score (nSPS) is 23.8. The Balaban J connectivity index is 0.691. The van der Waals surface area contributed by atoms with Gasteiger partial charge in [-0.15, -0.1) is 11.3 Å². The van der Waals surface area contributed by atoms with Gasteiger partial charge in [-0.2, -0.15) is 0 Å². The largest absolute Gasteiger partial charge is 0.487 e. The number of carbonyl (C=O) groups excluding carboxylic acids is 5. The molecule has 0 aromatic carbocycles. The molecule has 368 valence electrons. The second-order valence-corrected chi connectivity index (χ2v) is 21.8. The lowest BCUT2D eigenvalue weighted by Gasteiger charge is -2.49. The molecule has 12 rings (SSSR count). The van der Waals surface area contributed by atoms with Crippen molar-refractivity contribution in [1.29, 1.82) is 0 Å². The van der Waals surface area contributed by atoms with Crippen LogP contribution in [0, 0.1) is 5.41 Å². The summed E-state index contributed by atoms with van der Waals surface area (Å²) >= 11 is 1.26. The van der Waals surface area contributed by atoms with Crippen LogP contribution in [-0.4, -0.2) is 127 Å². The Morgan fingerprint density at radius 1 is 0.930 bits per heavy atom. The number of aliphatic hydroxyl groups excluding tert-OH is 1. The zero-order valence-corrected chi connectivity index (χ0v) is 40.9. The molecule has 0 bridgehead atoms. The molecule has 0 spiro atoms. The molecule has 1 unspecified atom stereocenters. The summed E-state index contributed by atoms with van der Waals surface area (Å²) in [5, 5.41) is 17.1. The maximum absolute atomic E-state index is 14.0. The average Bonchev–Trinajstić information content (AvgIpc) is 4.07. The molecular formula is C51H55N11O8S. The van der Waals surface area contributed by atoms with Crippen molar-refractivity contribution < 1.29 is 33.8 Å². The van der Waals surface area contributed by atoms with Crippen molar-refractivity contribution in [3.05, 3.63) is 92.2 Å². The number of anilines is 5.